The molecule has 0 spiro atoms. The first-order valence-corrected chi connectivity index (χ1v) is 8.38. The van der Waals surface area contributed by atoms with Gasteiger partial charge in [0.25, 0.3) is 0 Å². The number of aliphatic hydroxyl groups excluding tert-OH is 1. The molecule has 114 valence electrons. The molecule has 1 aromatic carbocycles. The van der Waals surface area contributed by atoms with Crippen LogP contribution in [0.25, 0.3) is 0 Å². The van der Waals surface area contributed by atoms with Gasteiger partial charge in [-0.15, -0.1) is 0 Å². The van der Waals surface area contributed by atoms with Crippen LogP contribution in [-0.2, 0) is 10.0 Å². The van der Waals surface area contributed by atoms with Gasteiger partial charge in [0, 0.05) is 6.54 Å². The van der Waals surface area contributed by atoms with E-state index in [9.17, 15) is 13.5 Å². The molecule has 1 atom stereocenters. The Kier molecular flexibility index (Phi) is 6.98. The maximum atomic E-state index is 12.0. The van der Waals surface area contributed by atoms with E-state index in [1.165, 1.54) is 12.1 Å². The Morgan fingerprint density at radius 1 is 1.25 bits per heavy atom. The van der Waals surface area contributed by atoms with Gasteiger partial charge in [0.05, 0.1) is 17.6 Å². The predicted molar refractivity (Wildman–Crippen MR) is 78.3 cm³/mol. The fourth-order valence-corrected chi connectivity index (χ4v) is 2.56. The van der Waals surface area contributed by atoms with Gasteiger partial charge in [-0.25, -0.2) is 13.1 Å². The van der Waals surface area contributed by atoms with Crippen LogP contribution in [0.4, 0.5) is 0 Å². The molecule has 0 radical (unpaired) electrons. The minimum absolute atomic E-state index is 0.0214. The van der Waals surface area contributed by atoms with Crippen LogP contribution in [0.15, 0.2) is 29.2 Å². The van der Waals surface area contributed by atoms with Crippen molar-refractivity contribution in [1.29, 1.82) is 0 Å². The Morgan fingerprint density at radius 3 is 2.45 bits per heavy atom. The standard InChI is InChI=1S/C14H23NO4S/c1-3-5-10-19-13-6-8-14(9-7-13)20(17,18)15-11-12(16)4-2/h6-9,12,15-16H,3-5,10-11H2,1-2H3. The van der Waals surface area contributed by atoms with Crippen molar-refractivity contribution in [1.82, 2.24) is 4.72 Å². The molecule has 6 heteroatoms. The first-order chi connectivity index (χ1) is 9.49. The van der Waals surface area contributed by atoms with Crippen molar-refractivity contribution in [2.24, 2.45) is 0 Å². The first kappa shape index (κ1) is 16.9. The highest BCUT2D eigenvalue weighted by atomic mass is 32.2. The molecule has 0 fully saturated rings. The molecule has 0 aliphatic heterocycles. The maximum Gasteiger partial charge on any atom is 0.240 e. The van der Waals surface area contributed by atoms with E-state index in [-0.39, 0.29) is 11.4 Å². The molecule has 1 rings (SSSR count). The summed E-state index contributed by atoms with van der Waals surface area (Å²) < 4.78 is 31.8. The molecule has 0 aliphatic rings. The molecule has 0 aliphatic carbocycles. The second kappa shape index (κ2) is 8.24. The van der Waals surface area contributed by atoms with Gasteiger partial charge >= 0.3 is 0 Å². The molecule has 0 bridgehead atoms. The fourth-order valence-electron chi connectivity index (χ4n) is 1.48. The molecule has 1 aromatic rings. The number of unbranched alkanes of at least 4 members (excludes halogenated alkanes) is 1. The predicted octanol–water partition coefficient (Wildman–Crippen LogP) is 1.91. The topological polar surface area (TPSA) is 75.6 Å². The minimum atomic E-state index is -3.57. The van der Waals surface area contributed by atoms with Gasteiger partial charge in [-0.1, -0.05) is 20.3 Å². The molecule has 2 N–H and O–H groups in total. The van der Waals surface area contributed by atoms with Crippen molar-refractivity contribution in [3.8, 4) is 5.75 Å². The molecule has 0 aromatic heterocycles. The van der Waals surface area contributed by atoms with Crippen LogP contribution < -0.4 is 9.46 Å². The van der Waals surface area contributed by atoms with Crippen molar-refractivity contribution < 1.29 is 18.3 Å². The van der Waals surface area contributed by atoms with E-state index in [0.717, 1.165) is 12.8 Å². The number of hydrogen-bond donors (Lipinski definition) is 2. The summed E-state index contributed by atoms with van der Waals surface area (Å²) >= 11 is 0. The Morgan fingerprint density at radius 2 is 1.90 bits per heavy atom. The second-order valence-corrected chi connectivity index (χ2v) is 6.35. The Hall–Kier alpha value is -1.11. The van der Waals surface area contributed by atoms with Crippen LogP contribution in [0.1, 0.15) is 33.1 Å². The van der Waals surface area contributed by atoms with Gasteiger partial charge in [0.1, 0.15) is 5.75 Å². The third-order valence-electron chi connectivity index (χ3n) is 2.88. The van der Waals surface area contributed by atoms with Crippen LogP contribution in [0.2, 0.25) is 0 Å². The van der Waals surface area contributed by atoms with Gasteiger partial charge in [-0.2, -0.15) is 0 Å². The fraction of sp³-hybridized carbons (Fsp3) is 0.571. The SMILES string of the molecule is CCCCOc1ccc(S(=O)(=O)NCC(O)CC)cc1. The van der Waals surface area contributed by atoms with Crippen molar-refractivity contribution >= 4 is 10.0 Å². The lowest BCUT2D eigenvalue weighted by Crippen LogP contribution is -2.31. The Balaban J connectivity index is 2.62. The van der Waals surface area contributed by atoms with E-state index < -0.39 is 16.1 Å². The van der Waals surface area contributed by atoms with Crippen LogP contribution in [0.5, 0.6) is 5.75 Å². The summed E-state index contributed by atoms with van der Waals surface area (Å²) in [6, 6.07) is 6.28. The van der Waals surface area contributed by atoms with E-state index in [1.54, 1.807) is 19.1 Å². The summed E-state index contributed by atoms with van der Waals surface area (Å²) in [6.45, 7) is 4.52. The average molecular weight is 301 g/mol. The molecule has 0 amide bonds. The summed E-state index contributed by atoms with van der Waals surface area (Å²) in [7, 11) is -3.57. The largest absolute Gasteiger partial charge is 0.494 e. The zero-order valence-electron chi connectivity index (χ0n) is 12.0. The highest BCUT2D eigenvalue weighted by Gasteiger charge is 2.15. The Labute approximate surface area is 121 Å². The van der Waals surface area contributed by atoms with Crippen molar-refractivity contribution in [2.75, 3.05) is 13.2 Å². The van der Waals surface area contributed by atoms with Gasteiger partial charge in [0.2, 0.25) is 10.0 Å². The molecule has 0 heterocycles. The van der Waals surface area contributed by atoms with Crippen molar-refractivity contribution in [3.05, 3.63) is 24.3 Å². The zero-order valence-corrected chi connectivity index (χ0v) is 12.8. The number of benzene rings is 1. The number of hydrogen-bond acceptors (Lipinski definition) is 4. The first-order valence-electron chi connectivity index (χ1n) is 6.90. The molecule has 1 unspecified atom stereocenters. The monoisotopic (exact) mass is 301 g/mol. The number of ether oxygens (including phenoxy) is 1. The number of nitrogens with one attached hydrogen (secondary N) is 1. The van der Waals surface area contributed by atoms with Gasteiger partial charge in [-0.3, -0.25) is 0 Å². The third kappa shape index (κ3) is 5.48. The highest BCUT2D eigenvalue weighted by Crippen LogP contribution is 2.16. The van der Waals surface area contributed by atoms with Crippen LogP contribution >= 0.6 is 0 Å². The summed E-state index contributed by atoms with van der Waals surface area (Å²) in [6.07, 6.45) is 1.86. The molecule has 0 saturated heterocycles. The average Bonchev–Trinajstić information content (AvgIpc) is 2.45. The molecule has 20 heavy (non-hydrogen) atoms. The lowest BCUT2D eigenvalue weighted by Gasteiger charge is -2.11. The van der Waals surface area contributed by atoms with E-state index in [4.69, 9.17) is 4.74 Å². The van der Waals surface area contributed by atoms with E-state index in [1.807, 2.05) is 0 Å². The quantitative estimate of drug-likeness (QED) is 0.683. The highest BCUT2D eigenvalue weighted by molar-refractivity contribution is 7.89. The van der Waals surface area contributed by atoms with Crippen molar-refractivity contribution in [3.63, 3.8) is 0 Å². The van der Waals surface area contributed by atoms with Gasteiger partial charge in [0.15, 0.2) is 0 Å². The summed E-state index contributed by atoms with van der Waals surface area (Å²) in [4.78, 5) is 0.170. The molecular formula is C14H23NO4S. The lowest BCUT2D eigenvalue weighted by atomic mass is 10.3. The van der Waals surface area contributed by atoms with Crippen LogP contribution in [0.3, 0.4) is 0 Å². The summed E-state index contributed by atoms with van der Waals surface area (Å²) in [5.41, 5.74) is 0. The number of aliphatic hydroxyl groups is 1. The third-order valence-corrected chi connectivity index (χ3v) is 4.32. The lowest BCUT2D eigenvalue weighted by molar-refractivity contribution is 0.174. The normalized spacial score (nSPS) is 13.2. The zero-order chi connectivity index (χ0) is 15.0. The van der Waals surface area contributed by atoms with Gasteiger partial charge in [-0.05, 0) is 37.1 Å². The van der Waals surface area contributed by atoms with E-state index in [0.29, 0.717) is 18.8 Å². The second-order valence-electron chi connectivity index (χ2n) is 4.59. The Bertz CT molecular complexity index is 484. The smallest absolute Gasteiger partial charge is 0.240 e. The van der Waals surface area contributed by atoms with E-state index >= 15 is 0 Å². The van der Waals surface area contributed by atoms with Crippen molar-refractivity contribution in [2.45, 2.75) is 44.1 Å². The molecule has 5 nitrogen and oxygen atoms in total. The minimum Gasteiger partial charge on any atom is -0.494 e. The molecular weight excluding hydrogens is 278 g/mol. The number of rotatable bonds is 9. The summed E-state index contributed by atoms with van der Waals surface area (Å²) in [5, 5.41) is 9.39. The number of sulfonamides is 1. The maximum absolute atomic E-state index is 12.0. The molecule has 0 saturated carbocycles. The van der Waals surface area contributed by atoms with E-state index in [2.05, 4.69) is 11.6 Å². The summed E-state index contributed by atoms with van der Waals surface area (Å²) in [5.74, 6) is 0.658. The van der Waals surface area contributed by atoms with Gasteiger partial charge < -0.3 is 9.84 Å². The van der Waals surface area contributed by atoms with Crippen LogP contribution in [0, 0.1) is 0 Å². The van der Waals surface area contributed by atoms with Crippen LogP contribution in [-0.4, -0.2) is 32.8 Å².